The van der Waals surface area contributed by atoms with E-state index >= 15 is 0 Å². The van der Waals surface area contributed by atoms with Crippen LogP contribution in [0.15, 0.2) is 47.1 Å². The van der Waals surface area contributed by atoms with Crippen LogP contribution in [0.4, 0.5) is 16.3 Å². The summed E-state index contributed by atoms with van der Waals surface area (Å²) in [5, 5.41) is 7.09. The van der Waals surface area contributed by atoms with Crippen molar-refractivity contribution in [2.75, 3.05) is 43.5 Å². The first kappa shape index (κ1) is 21.2. The van der Waals surface area contributed by atoms with Gasteiger partial charge in [-0.2, -0.15) is 4.98 Å². The number of ether oxygens (including phenoxy) is 1. The number of urea groups is 1. The maximum atomic E-state index is 12.7. The average Bonchev–Trinajstić information content (AvgIpc) is 3.57. The minimum Gasteiger partial charge on any atom is -0.495 e. The summed E-state index contributed by atoms with van der Waals surface area (Å²) in [6.45, 7) is 2.64. The lowest BCUT2D eigenvalue weighted by atomic mass is 10.1. The summed E-state index contributed by atoms with van der Waals surface area (Å²) in [6, 6.07) is 11.2. The van der Waals surface area contributed by atoms with Gasteiger partial charge < -0.3 is 24.4 Å². The predicted octanol–water partition coefficient (Wildman–Crippen LogP) is 4.15. The van der Waals surface area contributed by atoms with Gasteiger partial charge in [0.25, 0.3) is 0 Å². The fourth-order valence-corrected chi connectivity index (χ4v) is 4.48. The van der Waals surface area contributed by atoms with Crippen LogP contribution in [0.2, 0.25) is 0 Å². The first-order valence-electron chi connectivity index (χ1n) is 11.4. The van der Waals surface area contributed by atoms with Gasteiger partial charge in [-0.3, -0.25) is 0 Å². The van der Waals surface area contributed by atoms with Gasteiger partial charge in [0.05, 0.1) is 12.8 Å². The zero-order valence-corrected chi connectivity index (χ0v) is 18.7. The van der Waals surface area contributed by atoms with E-state index in [-0.39, 0.29) is 6.03 Å². The lowest BCUT2D eigenvalue weighted by Gasteiger charge is -2.35. The number of carbonyl (C=O) groups excluding carboxylic acids is 1. The highest BCUT2D eigenvalue weighted by atomic mass is 16.5. The van der Waals surface area contributed by atoms with Gasteiger partial charge >= 0.3 is 6.03 Å². The molecule has 1 saturated carbocycles. The van der Waals surface area contributed by atoms with Crippen molar-refractivity contribution in [2.45, 2.75) is 31.6 Å². The van der Waals surface area contributed by atoms with E-state index in [1.807, 2.05) is 36.4 Å². The quantitative estimate of drug-likeness (QED) is 0.626. The summed E-state index contributed by atoms with van der Waals surface area (Å²) in [6.07, 6.45) is 6.50. The lowest BCUT2D eigenvalue weighted by molar-refractivity contribution is 0.208. The number of carbonyl (C=O) groups is 1. The molecule has 9 heteroatoms. The van der Waals surface area contributed by atoms with E-state index in [9.17, 15) is 4.79 Å². The third-order valence-corrected chi connectivity index (χ3v) is 6.39. The van der Waals surface area contributed by atoms with Crippen molar-refractivity contribution in [3.8, 4) is 17.1 Å². The Morgan fingerprint density at radius 1 is 1.09 bits per heavy atom. The van der Waals surface area contributed by atoms with Crippen molar-refractivity contribution in [1.29, 1.82) is 0 Å². The number of amides is 2. The minimum absolute atomic E-state index is 0.127. The van der Waals surface area contributed by atoms with Crippen molar-refractivity contribution in [3.05, 3.63) is 48.5 Å². The molecule has 1 aliphatic heterocycles. The zero-order valence-electron chi connectivity index (χ0n) is 18.7. The number of nitrogens with zero attached hydrogens (tertiary/aromatic N) is 5. The molecule has 33 heavy (non-hydrogen) atoms. The van der Waals surface area contributed by atoms with Crippen LogP contribution in [-0.4, -0.2) is 59.3 Å². The highest BCUT2D eigenvalue weighted by Crippen LogP contribution is 2.34. The number of pyridine rings is 1. The topological polar surface area (TPSA) is 96.6 Å². The lowest BCUT2D eigenvalue weighted by Crippen LogP contribution is -2.50. The first-order valence-corrected chi connectivity index (χ1v) is 11.4. The van der Waals surface area contributed by atoms with E-state index in [1.54, 1.807) is 18.2 Å². The van der Waals surface area contributed by atoms with Crippen LogP contribution in [0.25, 0.3) is 11.4 Å². The molecule has 9 nitrogen and oxygen atoms in total. The van der Waals surface area contributed by atoms with Gasteiger partial charge in [0.2, 0.25) is 11.7 Å². The molecular weight excluding hydrogens is 420 g/mol. The van der Waals surface area contributed by atoms with Crippen LogP contribution in [-0.2, 0) is 0 Å². The Kier molecular flexibility index (Phi) is 6.10. The molecule has 1 aliphatic carbocycles. The normalized spacial score (nSPS) is 16.8. The maximum Gasteiger partial charge on any atom is 0.322 e. The Hall–Kier alpha value is -3.62. The molecule has 0 unspecified atom stereocenters. The first-order chi connectivity index (χ1) is 16.2. The molecule has 2 aliphatic rings. The second-order valence-corrected chi connectivity index (χ2v) is 8.45. The molecule has 0 bridgehead atoms. The third-order valence-electron chi connectivity index (χ3n) is 6.39. The molecule has 1 aromatic carbocycles. The van der Waals surface area contributed by atoms with Crippen LogP contribution in [0.5, 0.6) is 5.75 Å². The van der Waals surface area contributed by atoms with Crippen molar-refractivity contribution >= 4 is 17.5 Å². The van der Waals surface area contributed by atoms with Gasteiger partial charge in [-0.1, -0.05) is 30.1 Å². The Balaban J connectivity index is 1.17. The monoisotopic (exact) mass is 448 g/mol. The molecule has 0 radical (unpaired) electrons. The van der Waals surface area contributed by atoms with E-state index in [0.29, 0.717) is 49.4 Å². The second-order valence-electron chi connectivity index (χ2n) is 8.45. The third kappa shape index (κ3) is 4.62. The van der Waals surface area contributed by atoms with Crippen molar-refractivity contribution < 1.29 is 14.1 Å². The van der Waals surface area contributed by atoms with Crippen molar-refractivity contribution in [1.82, 2.24) is 20.0 Å². The summed E-state index contributed by atoms with van der Waals surface area (Å²) in [5.41, 5.74) is 1.52. The number of methoxy groups -OCH3 is 1. The van der Waals surface area contributed by atoms with E-state index in [2.05, 4.69) is 25.3 Å². The molecule has 3 heterocycles. The summed E-state index contributed by atoms with van der Waals surface area (Å²) < 4.78 is 10.8. The molecule has 0 atom stereocenters. The highest BCUT2D eigenvalue weighted by Gasteiger charge is 2.24. The molecule has 1 saturated heterocycles. The van der Waals surface area contributed by atoms with Crippen molar-refractivity contribution in [2.24, 2.45) is 0 Å². The molecule has 2 amide bonds. The smallest absolute Gasteiger partial charge is 0.322 e. The van der Waals surface area contributed by atoms with Crippen LogP contribution < -0.4 is 15.0 Å². The maximum absolute atomic E-state index is 12.7. The fourth-order valence-electron chi connectivity index (χ4n) is 4.48. The Morgan fingerprint density at radius 3 is 2.61 bits per heavy atom. The van der Waals surface area contributed by atoms with Crippen LogP contribution in [0.1, 0.15) is 37.5 Å². The van der Waals surface area contributed by atoms with Gasteiger partial charge in [-0.25, -0.2) is 9.78 Å². The standard InChI is InChI=1S/C24H28N6O3/c1-32-20-9-5-4-8-19(20)26-24(31)30-14-12-29(13-15-30)21-11-10-18(16-25-21)22-27-23(33-28-22)17-6-2-3-7-17/h4-5,8-11,16-17H,2-3,6-7,12-15H2,1H3,(H,26,31). The molecule has 0 spiro atoms. The van der Waals surface area contributed by atoms with Gasteiger partial charge in [-0.05, 0) is 37.1 Å². The predicted molar refractivity (Wildman–Crippen MR) is 125 cm³/mol. The Morgan fingerprint density at radius 2 is 1.88 bits per heavy atom. The molecule has 5 rings (SSSR count). The fraction of sp³-hybridized carbons (Fsp3) is 0.417. The van der Waals surface area contributed by atoms with Crippen molar-refractivity contribution in [3.63, 3.8) is 0 Å². The number of anilines is 2. The second kappa shape index (κ2) is 9.48. The van der Waals surface area contributed by atoms with Crippen LogP contribution in [0, 0.1) is 0 Å². The molecule has 1 N–H and O–H groups in total. The number of benzene rings is 1. The zero-order chi connectivity index (χ0) is 22.6. The molecule has 2 fully saturated rings. The van der Waals surface area contributed by atoms with E-state index < -0.39 is 0 Å². The van der Waals surface area contributed by atoms with E-state index in [4.69, 9.17) is 9.26 Å². The summed E-state index contributed by atoms with van der Waals surface area (Å²) in [7, 11) is 1.59. The minimum atomic E-state index is -0.127. The highest BCUT2D eigenvalue weighted by molar-refractivity contribution is 5.91. The van der Waals surface area contributed by atoms with Gasteiger partial charge in [0, 0.05) is 43.9 Å². The number of hydrogen-bond acceptors (Lipinski definition) is 7. The summed E-state index contributed by atoms with van der Waals surface area (Å²) >= 11 is 0. The van der Waals surface area contributed by atoms with Gasteiger partial charge in [0.1, 0.15) is 11.6 Å². The van der Waals surface area contributed by atoms with E-state index in [1.165, 1.54) is 12.8 Å². The average molecular weight is 449 g/mol. The molecule has 2 aromatic heterocycles. The largest absolute Gasteiger partial charge is 0.495 e. The molecule has 3 aromatic rings. The summed E-state index contributed by atoms with van der Waals surface area (Å²) in [4.78, 5) is 25.9. The Bertz CT molecular complexity index is 1090. The number of nitrogens with one attached hydrogen (secondary N) is 1. The number of hydrogen-bond donors (Lipinski definition) is 1. The molecular formula is C24H28N6O3. The number of rotatable bonds is 5. The number of aromatic nitrogens is 3. The SMILES string of the molecule is COc1ccccc1NC(=O)N1CCN(c2ccc(-c3noc(C4CCCC4)n3)cn2)CC1. The van der Waals surface area contributed by atoms with Crippen LogP contribution in [0.3, 0.4) is 0 Å². The van der Waals surface area contributed by atoms with Crippen LogP contribution >= 0.6 is 0 Å². The van der Waals surface area contributed by atoms with E-state index in [0.717, 1.165) is 30.1 Å². The number of piperazine rings is 1. The van der Waals surface area contributed by atoms with Gasteiger partial charge in [0.15, 0.2) is 0 Å². The Labute approximate surface area is 192 Å². The number of para-hydroxylation sites is 2. The summed E-state index contributed by atoms with van der Waals surface area (Å²) in [5.74, 6) is 3.26. The molecule has 172 valence electrons. The van der Waals surface area contributed by atoms with Gasteiger partial charge in [-0.15, -0.1) is 0 Å².